The van der Waals surface area contributed by atoms with Gasteiger partial charge in [0.25, 0.3) is 0 Å². The van der Waals surface area contributed by atoms with Gasteiger partial charge >= 0.3 is 0 Å². The zero-order valence-electron chi connectivity index (χ0n) is 12.9. The Morgan fingerprint density at radius 3 is 2.40 bits per heavy atom. The summed E-state index contributed by atoms with van der Waals surface area (Å²) >= 11 is 0. The fraction of sp³-hybridized carbons (Fsp3) is 0.647. The fourth-order valence-corrected chi connectivity index (χ4v) is 2.74. The van der Waals surface area contributed by atoms with Crippen LogP contribution in [0.15, 0.2) is 18.2 Å². The van der Waals surface area contributed by atoms with Gasteiger partial charge in [0.05, 0.1) is 0 Å². The summed E-state index contributed by atoms with van der Waals surface area (Å²) in [5.74, 6) is -0.936. The predicted molar refractivity (Wildman–Crippen MR) is 80.8 cm³/mol. The molecule has 0 fully saturated rings. The van der Waals surface area contributed by atoms with E-state index in [0.717, 1.165) is 24.9 Å². The first-order valence-electron chi connectivity index (χ1n) is 7.79. The number of benzene rings is 1. The molecule has 0 aliphatic heterocycles. The maximum absolute atomic E-state index is 13.3. The van der Waals surface area contributed by atoms with Crippen LogP contribution in [-0.4, -0.2) is 12.6 Å². The zero-order chi connectivity index (χ0) is 15.0. The average molecular weight is 283 g/mol. The number of likely N-dealkylation sites (N-methyl/N-ethyl adjacent to an activating group) is 1. The highest BCUT2D eigenvalue weighted by molar-refractivity contribution is 5.19. The van der Waals surface area contributed by atoms with Crippen molar-refractivity contribution in [3.63, 3.8) is 0 Å². The summed E-state index contributed by atoms with van der Waals surface area (Å²) in [6.45, 7) is 7.39. The summed E-state index contributed by atoms with van der Waals surface area (Å²) in [4.78, 5) is 0. The third-order valence-electron chi connectivity index (χ3n) is 3.93. The first kappa shape index (κ1) is 17.1. The second-order valence-electron chi connectivity index (χ2n) is 5.43. The Morgan fingerprint density at radius 2 is 1.85 bits per heavy atom. The molecule has 114 valence electrons. The molecular formula is C17H27F2N. The topological polar surface area (TPSA) is 12.0 Å². The van der Waals surface area contributed by atoms with Gasteiger partial charge in [0, 0.05) is 6.04 Å². The van der Waals surface area contributed by atoms with E-state index < -0.39 is 11.6 Å². The molecule has 0 bridgehead atoms. The van der Waals surface area contributed by atoms with E-state index in [0.29, 0.717) is 12.0 Å². The molecule has 1 aromatic carbocycles. The van der Waals surface area contributed by atoms with E-state index in [1.54, 1.807) is 6.07 Å². The van der Waals surface area contributed by atoms with Crippen LogP contribution in [-0.2, 0) is 6.42 Å². The van der Waals surface area contributed by atoms with E-state index >= 15 is 0 Å². The summed E-state index contributed by atoms with van der Waals surface area (Å²) in [6, 6.07) is 4.57. The second kappa shape index (κ2) is 9.06. The van der Waals surface area contributed by atoms with Crippen LogP contribution in [0.5, 0.6) is 0 Å². The quantitative estimate of drug-likeness (QED) is 0.692. The Balaban J connectivity index is 2.75. The van der Waals surface area contributed by atoms with E-state index in [-0.39, 0.29) is 0 Å². The summed E-state index contributed by atoms with van der Waals surface area (Å²) in [5.41, 5.74) is 0.866. The molecule has 0 saturated heterocycles. The minimum Gasteiger partial charge on any atom is -0.314 e. The van der Waals surface area contributed by atoms with Crippen molar-refractivity contribution < 1.29 is 8.78 Å². The summed E-state index contributed by atoms with van der Waals surface area (Å²) in [7, 11) is 0. The van der Waals surface area contributed by atoms with Crippen molar-refractivity contribution >= 4 is 0 Å². The summed E-state index contributed by atoms with van der Waals surface area (Å²) in [6.07, 6.45) is 5.47. The maximum atomic E-state index is 13.3. The van der Waals surface area contributed by atoms with E-state index in [4.69, 9.17) is 0 Å². The molecule has 0 aliphatic rings. The molecule has 2 unspecified atom stereocenters. The van der Waals surface area contributed by atoms with Crippen molar-refractivity contribution in [2.75, 3.05) is 6.54 Å². The molecule has 1 aromatic rings. The number of rotatable bonds is 9. The van der Waals surface area contributed by atoms with Crippen molar-refractivity contribution in [1.29, 1.82) is 0 Å². The Labute approximate surface area is 121 Å². The van der Waals surface area contributed by atoms with Gasteiger partial charge in [-0.25, -0.2) is 8.78 Å². The molecule has 2 atom stereocenters. The van der Waals surface area contributed by atoms with Crippen molar-refractivity contribution in [3.8, 4) is 0 Å². The normalized spacial score (nSPS) is 14.2. The molecule has 0 spiro atoms. The van der Waals surface area contributed by atoms with E-state index in [2.05, 4.69) is 26.1 Å². The largest absolute Gasteiger partial charge is 0.314 e. The van der Waals surface area contributed by atoms with Crippen LogP contribution in [0.1, 0.15) is 52.0 Å². The summed E-state index contributed by atoms with van der Waals surface area (Å²) in [5, 5.41) is 3.51. The molecule has 1 N–H and O–H groups in total. The monoisotopic (exact) mass is 283 g/mol. The number of hydrogen-bond acceptors (Lipinski definition) is 1. The molecule has 20 heavy (non-hydrogen) atoms. The molecular weight excluding hydrogens is 256 g/mol. The lowest BCUT2D eigenvalue weighted by Crippen LogP contribution is -2.38. The minimum atomic E-state index is -0.772. The van der Waals surface area contributed by atoms with Gasteiger partial charge in [-0.3, -0.25) is 0 Å². The van der Waals surface area contributed by atoms with Crippen LogP contribution in [0, 0.1) is 17.6 Å². The highest BCUT2D eigenvalue weighted by Crippen LogP contribution is 2.21. The highest BCUT2D eigenvalue weighted by Gasteiger charge is 2.19. The van der Waals surface area contributed by atoms with Crippen molar-refractivity contribution in [2.24, 2.45) is 5.92 Å². The Morgan fingerprint density at radius 1 is 1.10 bits per heavy atom. The van der Waals surface area contributed by atoms with Crippen LogP contribution < -0.4 is 5.32 Å². The number of nitrogens with one attached hydrogen (secondary N) is 1. The Bertz CT molecular complexity index is 393. The zero-order valence-corrected chi connectivity index (χ0v) is 12.9. The van der Waals surface area contributed by atoms with Gasteiger partial charge in [0.15, 0.2) is 11.6 Å². The first-order chi connectivity index (χ1) is 9.62. The van der Waals surface area contributed by atoms with E-state index in [1.807, 2.05) is 0 Å². The van der Waals surface area contributed by atoms with Crippen molar-refractivity contribution in [2.45, 2.75) is 58.9 Å². The van der Waals surface area contributed by atoms with Crippen molar-refractivity contribution in [1.82, 2.24) is 5.32 Å². The number of halogens is 2. The average Bonchev–Trinajstić information content (AvgIpc) is 2.44. The van der Waals surface area contributed by atoms with Gasteiger partial charge in [0.2, 0.25) is 0 Å². The summed E-state index contributed by atoms with van der Waals surface area (Å²) < 4.78 is 26.3. The molecule has 0 heterocycles. The molecule has 1 rings (SSSR count). The smallest absolute Gasteiger partial charge is 0.159 e. The Hall–Kier alpha value is -0.960. The Kier molecular flexibility index (Phi) is 7.75. The molecule has 0 amide bonds. The van der Waals surface area contributed by atoms with Crippen LogP contribution in [0.3, 0.4) is 0 Å². The van der Waals surface area contributed by atoms with Gasteiger partial charge in [-0.15, -0.1) is 0 Å². The first-order valence-corrected chi connectivity index (χ1v) is 7.79. The van der Waals surface area contributed by atoms with Crippen LogP contribution in [0.25, 0.3) is 0 Å². The lowest BCUT2D eigenvalue weighted by Gasteiger charge is -2.27. The lowest BCUT2D eigenvalue weighted by molar-refractivity contribution is 0.319. The molecule has 0 aliphatic carbocycles. The van der Waals surface area contributed by atoms with Gasteiger partial charge < -0.3 is 5.32 Å². The number of hydrogen-bond donors (Lipinski definition) is 1. The van der Waals surface area contributed by atoms with Crippen LogP contribution >= 0.6 is 0 Å². The van der Waals surface area contributed by atoms with Gasteiger partial charge in [0.1, 0.15) is 0 Å². The molecule has 0 radical (unpaired) electrons. The van der Waals surface area contributed by atoms with Crippen LogP contribution in [0.2, 0.25) is 0 Å². The molecule has 0 aromatic heterocycles. The molecule has 0 saturated carbocycles. The minimum absolute atomic E-state index is 0.335. The third-order valence-corrected chi connectivity index (χ3v) is 3.93. The second-order valence-corrected chi connectivity index (χ2v) is 5.43. The van der Waals surface area contributed by atoms with Crippen molar-refractivity contribution in [3.05, 3.63) is 35.4 Å². The predicted octanol–water partition coefficient (Wildman–Crippen LogP) is 4.70. The molecule has 3 heteroatoms. The number of unbranched alkanes of at least 4 members (excludes halogenated alkanes) is 1. The SMILES string of the molecule is CCCCC(CC)C(Cc1ccc(F)c(F)c1)NCC. The van der Waals surface area contributed by atoms with Gasteiger partial charge in [-0.1, -0.05) is 46.1 Å². The van der Waals surface area contributed by atoms with E-state index in [1.165, 1.54) is 31.4 Å². The highest BCUT2D eigenvalue weighted by atomic mass is 19.2. The van der Waals surface area contributed by atoms with Gasteiger partial charge in [-0.05, 0) is 43.0 Å². The lowest BCUT2D eigenvalue weighted by atomic mass is 9.87. The maximum Gasteiger partial charge on any atom is 0.159 e. The van der Waals surface area contributed by atoms with Gasteiger partial charge in [-0.2, -0.15) is 0 Å². The fourth-order valence-electron chi connectivity index (χ4n) is 2.74. The van der Waals surface area contributed by atoms with E-state index in [9.17, 15) is 8.78 Å². The molecule has 1 nitrogen and oxygen atoms in total. The third kappa shape index (κ3) is 5.20. The standard InChI is InChI=1S/C17H27F2N/c1-4-7-8-14(5-2)17(20-6-3)12-13-9-10-15(18)16(19)11-13/h9-11,14,17,20H,4-8,12H2,1-3H3. The van der Waals surface area contributed by atoms with Crippen LogP contribution in [0.4, 0.5) is 8.78 Å².